The van der Waals surface area contributed by atoms with Crippen LogP contribution in [0.4, 0.5) is 0 Å². The summed E-state index contributed by atoms with van der Waals surface area (Å²) in [5.41, 5.74) is 1.08. The van der Waals surface area contributed by atoms with E-state index in [9.17, 15) is 0 Å². The third-order valence-electron chi connectivity index (χ3n) is 3.95. The molecule has 0 saturated carbocycles. The van der Waals surface area contributed by atoms with Crippen molar-refractivity contribution >= 4 is 41.7 Å². The molecule has 2 heterocycles. The lowest BCUT2D eigenvalue weighted by molar-refractivity contribution is 0.305. The minimum Gasteiger partial charge on any atom is -0.478 e. The molecule has 1 fully saturated rings. The Hall–Kier alpha value is -0.700. The van der Waals surface area contributed by atoms with Crippen molar-refractivity contribution in [1.82, 2.24) is 15.6 Å². The standard InChI is InChI=1S/C18H30N4OS.HI/c1-4-10-23-16-8-7-15(12-20-16)13-21-17(19-5-2)22-14-18(3)9-6-11-24-18;/h7-8,12H,4-6,9-11,13-14H2,1-3H3,(H2,19,21,22);1H. The average Bonchev–Trinajstić information content (AvgIpc) is 3.03. The van der Waals surface area contributed by atoms with E-state index < -0.39 is 0 Å². The first-order valence-corrected chi connectivity index (χ1v) is 9.87. The Morgan fingerprint density at radius 2 is 2.20 bits per heavy atom. The predicted octanol–water partition coefficient (Wildman–Crippen LogP) is 3.83. The largest absolute Gasteiger partial charge is 0.478 e. The molecule has 0 amide bonds. The van der Waals surface area contributed by atoms with Gasteiger partial charge in [-0.2, -0.15) is 11.8 Å². The highest BCUT2D eigenvalue weighted by Gasteiger charge is 2.29. The van der Waals surface area contributed by atoms with Crippen molar-refractivity contribution in [2.45, 2.75) is 51.3 Å². The zero-order valence-corrected chi connectivity index (χ0v) is 18.7. The molecule has 1 atom stereocenters. The number of hydrogen-bond acceptors (Lipinski definition) is 4. The van der Waals surface area contributed by atoms with Gasteiger partial charge in [-0.15, -0.1) is 24.0 Å². The van der Waals surface area contributed by atoms with E-state index in [1.54, 1.807) is 0 Å². The normalized spacial score (nSPS) is 20.0. The average molecular weight is 478 g/mol. The SMILES string of the molecule is CCCOc1ccc(CN=C(NCC)NCC2(C)CCCS2)cn1.I. The van der Waals surface area contributed by atoms with E-state index in [0.29, 0.717) is 23.8 Å². The Morgan fingerprint density at radius 3 is 2.80 bits per heavy atom. The van der Waals surface area contributed by atoms with Crippen LogP contribution in [0.1, 0.15) is 45.6 Å². The Labute approximate surface area is 173 Å². The number of thioether (sulfide) groups is 1. The lowest BCUT2D eigenvalue weighted by atomic mass is 10.1. The number of aliphatic imine (C=N–C) groups is 1. The summed E-state index contributed by atoms with van der Waals surface area (Å²) in [6.45, 7) is 9.63. The smallest absolute Gasteiger partial charge is 0.213 e. The second-order valence-corrected chi connectivity index (χ2v) is 7.99. The number of hydrogen-bond donors (Lipinski definition) is 2. The van der Waals surface area contributed by atoms with Gasteiger partial charge < -0.3 is 15.4 Å². The van der Waals surface area contributed by atoms with Crippen LogP contribution in [0.2, 0.25) is 0 Å². The monoisotopic (exact) mass is 478 g/mol. The van der Waals surface area contributed by atoms with Gasteiger partial charge in [-0.05, 0) is 44.4 Å². The number of aromatic nitrogens is 1. The molecule has 1 unspecified atom stereocenters. The highest BCUT2D eigenvalue weighted by molar-refractivity contribution is 14.0. The fourth-order valence-electron chi connectivity index (χ4n) is 2.56. The molecular weight excluding hydrogens is 447 g/mol. The zero-order chi connectivity index (χ0) is 17.3. The van der Waals surface area contributed by atoms with Crippen LogP contribution in [-0.4, -0.2) is 41.1 Å². The van der Waals surface area contributed by atoms with E-state index in [-0.39, 0.29) is 24.0 Å². The van der Waals surface area contributed by atoms with E-state index in [4.69, 9.17) is 4.74 Å². The summed E-state index contributed by atoms with van der Waals surface area (Å²) in [7, 11) is 0. The second kappa shape index (κ2) is 11.8. The first kappa shape index (κ1) is 22.3. The van der Waals surface area contributed by atoms with Gasteiger partial charge in [0.25, 0.3) is 0 Å². The maximum Gasteiger partial charge on any atom is 0.213 e. The molecule has 0 spiro atoms. The van der Waals surface area contributed by atoms with Crippen LogP contribution in [0.15, 0.2) is 23.3 Å². The lowest BCUT2D eigenvalue weighted by Gasteiger charge is -2.24. The van der Waals surface area contributed by atoms with E-state index >= 15 is 0 Å². The molecule has 2 rings (SSSR count). The van der Waals surface area contributed by atoms with Crippen molar-refractivity contribution in [2.24, 2.45) is 4.99 Å². The highest BCUT2D eigenvalue weighted by Crippen LogP contribution is 2.36. The molecule has 0 aliphatic carbocycles. The molecule has 0 aromatic carbocycles. The zero-order valence-electron chi connectivity index (χ0n) is 15.5. The van der Waals surface area contributed by atoms with Crippen molar-refractivity contribution in [3.63, 3.8) is 0 Å². The number of pyridine rings is 1. The summed E-state index contributed by atoms with van der Waals surface area (Å²) in [5.74, 6) is 2.82. The molecule has 1 aromatic heterocycles. The van der Waals surface area contributed by atoms with Crippen LogP contribution >= 0.6 is 35.7 Å². The fourth-order valence-corrected chi connectivity index (χ4v) is 3.80. The fraction of sp³-hybridized carbons (Fsp3) is 0.667. The minimum absolute atomic E-state index is 0. The second-order valence-electron chi connectivity index (χ2n) is 6.30. The molecule has 1 aliphatic heterocycles. The highest BCUT2D eigenvalue weighted by atomic mass is 127. The number of rotatable bonds is 8. The third kappa shape index (κ3) is 8.02. The van der Waals surface area contributed by atoms with Crippen molar-refractivity contribution in [3.8, 4) is 5.88 Å². The number of ether oxygens (including phenoxy) is 1. The number of nitrogens with zero attached hydrogens (tertiary/aromatic N) is 2. The van der Waals surface area contributed by atoms with E-state index in [1.165, 1.54) is 18.6 Å². The summed E-state index contributed by atoms with van der Waals surface area (Å²) in [5, 5.41) is 6.80. The van der Waals surface area contributed by atoms with E-state index in [0.717, 1.165) is 31.0 Å². The number of nitrogens with one attached hydrogen (secondary N) is 2. The molecule has 1 aliphatic rings. The van der Waals surface area contributed by atoms with Crippen LogP contribution < -0.4 is 15.4 Å². The van der Waals surface area contributed by atoms with E-state index in [2.05, 4.69) is 53.1 Å². The maximum atomic E-state index is 5.51. The number of halogens is 1. The van der Waals surface area contributed by atoms with Gasteiger partial charge in [-0.25, -0.2) is 9.98 Å². The molecule has 1 saturated heterocycles. The van der Waals surface area contributed by atoms with Crippen molar-refractivity contribution in [1.29, 1.82) is 0 Å². The van der Waals surface area contributed by atoms with Gasteiger partial charge in [0.05, 0.1) is 13.2 Å². The predicted molar refractivity (Wildman–Crippen MR) is 118 cm³/mol. The van der Waals surface area contributed by atoms with Crippen molar-refractivity contribution < 1.29 is 4.74 Å². The molecular formula is C18H31IN4OS. The minimum atomic E-state index is 0. The summed E-state index contributed by atoms with van der Waals surface area (Å²) in [6, 6.07) is 3.94. The van der Waals surface area contributed by atoms with Crippen LogP contribution in [0.25, 0.3) is 0 Å². The van der Waals surface area contributed by atoms with Gasteiger partial charge in [0.2, 0.25) is 5.88 Å². The van der Waals surface area contributed by atoms with Crippen molar-refractivity contribution in [2.75, 3.05) is 25.4 Å². The third-order valence-corrected chi connectivity index (χ3v) is 5.48. The van der Waals surface area contributed by atoms with Gasteiger partial charge in [-0.1, -0.05) is 13.0 Å². The van der Waals surface area contributed by atoms with Crippen LogP contribution in [0.5, 0.6) is 5.88 Å². The summed E-state index contributed by atoms with van der Waals surface area (Å²) < 4.78 is 5.84. The Kier molecular flexibility index (Phi) is 10.6. The summed E-state index contributed by atoms with van der Waals surface area (Å²) in [6.07, 6.45) is 5.41. The quantitative estimate of drug-likeness (QED) is 0.338. The molecule has 25 heavy (non-hydrogen) atoms. The molecule has 0 bridgehead atoms. The van der Waals surface area contributed by atoms with Gasteiger partial charge in [0.1, 0.15) is 0 Å². The lowest BCUT2D eigenvalue weighted by Crippen LogP contribution is -2.43. The van der Waals surface area contributed by atoms with Gasteiger partial charge in [-0.3, -0.25) is 0 Å². The molecule has 0 radical (unpaired) electrons. The Balaban J connectivity index is 0.00000312. The Morgan fingerprint density at radius 1 is 1.36 bits per heavy atom. The topological polar surface area (TPSA) is 58.5 Å². The van der Waals surface area contributed by atoms with Crippen LogP contribution in [-0.2, 0) is 6.54 Å². The molecule has 5 nitrogen and oxygen atoms in total. The first-order chi connectivity index (χ1) is 11.6. The maximum absolute atomic E-state index is 5.51. The molecule has 1 aromatic rings. The van der Waals surface area contributed by atoms with Crippen molar-refractivity contribution in [3.05, 3.63) is 23.9 Å². The van der Waals surface area contributed by atoms with Gasteiger partial charge in [0.15, 0.2) is 5.96 Å². The molecule has 142 valence electrons. The van der Waals surface area contributed by atoms with E-state index in [1.807, 2.05) is 18.3 Å². The molecule has 2 N–H and O–H groups in total. The first-order valence-electron chi connectivity index (χ1n) is 8.89. The van der Waals surface area contributed by atoms with Crippen LogP contribution in [0.3, 0.4) is 0 Å². The molecule has 7 heteroatoms. The summed E-state index contributed by atoms with van der Waals surface area (Å²) in [4.78, 5) is 9.00. The van der Waals surface area contributed by atoms with Gasteiger partial charge in [0, 0.05) is 30.1 Å². The van der Waals surface area contributed by atoms with Gasteiger partial charge >= 0.3 is 0 Å². The van der Waals surface area contributed by atoms with Crippen LogP contribution in [0, 0.1) is 0 Å². The Bertz CT molecular complexity index is 518. The number of guanidine groups is 1. The summed E-state index contributed by atoms with van der Waals surface area (Å²) >= 11 is 2.06.